The lowest BCUT2D eigenvalue weighted by Gasteiger charge is -2.05. The second kappa shape index (κ2) is 6.95. The molecule has 0 bridgehead atoms. The number of aryl methyl sites for hydroxylation is 1. The number of imidazole rings is 1. The number of hydrogen-bond donors (Lipinski definition) is 2. The molecular weight excluding hydrogens is 360 g/mol. The summed E-state index contributed by atoms with van der Waals surface area (Å²) in [6.07, 6.45) is 0. The van der Waals surface area contributed by atoms with Crippen LogP contribution < -0.4 is 10.0 Å². The van der Waals surface area contributed by atoms with Crippen molar-refractivity contribution >= 4 is 38.3 Å². The average molecular weight is 378 g/mol. The maximum absolute atomic E-state index is 12.5. The third-order valence-electron chi connectivity index (χ3n) is 3.71. The summed E-state index contributed by atoms with van der Waals surface area (Å²) in [5.74, 6) is 0.484. The van der Waals surface area contributed by atoms with Crippen molar-refractivity contribution in [1.29, 1.82) is 0 Å². The lowest BCUT2D eigenvalue weighted by Crippen LogP contribution is -2.24. The van der Waals surface area contributed by atoms with Gasteiger partial charge >= 0.3 is 0 Å². The molecule has 0 fully saturated rings. The first-order valence-corrected chi connectivity index (χ1v) is 9.90. The van der Waals surface area contributed by atoms with Crippen molar-refractivity contribution in [3.8, 4) is 0 Å². The minimum atomic E-state index is -3.63. The maximum atomic E-state index is 12.5. The summed E-state index contributed by atoms with van der Waals surface area (Å²) in [4.78, 5) is 16.2. The van der Waals surface area contributed by atoms with Gasteiger partial charge in [0.05, 0.1) is 24.1 Å². The van der Waals surface area contributed by atoms with E-state index in [0.717, 1.165) is 27.2 Å². The van der Waals surface area contributed by atoms with Crippen LogP contribution in [0.5, 0.6) is 0 Å². The van der Waals surface area contributed by atoms with Gasteiger partial charge in [0.25, 0.3) is 0 Å². The minimum Gasteiger partial charge on any atom is -0.351 e. The molecule has 0 saturated heterocycles. The summed E-state index contributed by atoms with van der Waals surface area (Å²) in [5.41, 5.74) is 1.78. The normalized spacial score (nSPS) is 11.8. The predicted molar refractivity (Wildman–Crippen MR) is 96.6 cm³/mol. The quantitative estimate of drug-likeness (QED) is 0.683. The van der Waals surface area contributed by atoms with Crippen LogP contribution >= 0.6 is 11.3 Å². The fourth-order valence-corrected chi connectivity index (χ4v) is 4.71. The van der Waals surface area contributed by atoms with E-state index in [1.165, 1.54) is 6.92 Å². The van der Waals surface area contributed by atoms with Crippen molar-refractivity contribution in [2.24, 2.45) is 7.05 Å². The summed E-state index contributed by atoms with van der Waals surface area (Å²) in [6.45, 7) is 1.84. The van der Waals surface area contributed by atoms with Crippen molar-refractivity contribution in [3.63, 3.8) is 0 Å². The highest BCUT2D eigenvalue weighted by atomic mass is 32.2. The van der Waals surface area contributed by atoms with Crippen LogP contribution in [0.2, 0.25) is 0 Å². The third-order valence-corrected chi connectivity index (χ3v) is 6.69. The summed E-state index contributed by atoms with van der Waals surface area (Å²) in [6, 6.07) is 10.9. The molecule has 0 aliphatic rings. The summed E-state index contributed by atoms with van der Waals surface area (Å²) in [7, 11) is -1.77. The van der Waals surface area contributed by atoms with Crippen molar-refractivity contribution in [2.75, 3.05) is 0 Å². The lowest BCUT2D eigenvalue weighted by atomic mass is 10.3. The monoisotopic (exact) mass is 378 g/mol. The highest BCUT2D eigenvalue weighted by Gasteiger charge is 2.18. The molecule has 9 heteroatoms. The van der Waals surface area contributed by atoms with Crippen LogP contribution in [0.1, 0.15) is 17.6 Å². The first-order valence-electron chi connectivity index (χ1n) is 7.60. The van der Waals surface area contributed by atoms with E-state index in [2.05, 4.69) is 15.0 Å². The number of sulfonamides is 1. The summed E-state index contributed by atoms with van der Waals surface area (Å²) in [5, 5.41) is 2.65. The highest BCUT2D eigenvalue weighted by Crippen LogP contribution is 2.22. The molecule has 132 valence electrons. The number of carbonyl (C=O) groups is 1. The fraction of sp³-hybridized carbons (Fsp3) is 0.250. The molecule has 2 heterocycles. The average Bonchev–Trinajstić information content (AvgIpc) is 3.17. The number of hydrogen-bond acceptors (Lipinski definition) is 5. The first kappa shape index (κ1) is 17.6. The number of para-hydroxylation sites is 2. The molecule has 0 spiro atoms. The number of fused-ring (bicyclic) bond motifs is 1. The first-order chi connectivity index (χ1) is 11.9. The standard InChI is InChI=1S/C16H18N4O3S2/c1-11(21)17-9-12-7-8-16(24-12)25(22,23)18-10-15-19-13-5-3-4-6-14(13)20(15)2/h3-8,18H,9-10H2,1-2H3,(H,17,21). The highest BCUT2D eigenvalue weighted by molar-refractivity contribution is 7.91. The number of thiophene rings is 1. The molecule has 3 aromatic rings. The van der Waals surface area contributed by atoms with Crippen LogP contribution in [-0.4, -0.2) is 23.9 Å². The van der Waals surface area contributed by atoms with E-state index in [9.17, 15) is 13.2 Å². The minimum absolute atomic E-state index is 0.104. The van der Waals surface area contributed by atoms with Crippen LogP contribution in [0.15, 0.2) is 40.6 Å². The number of benzene rings is 1. The van der Waals surface area contributed by atoms with Crippen molar-refractivity contribution in [3.05, 3.63) is 47.1 Å². The van der Waals surface area contributed by atoms with E-state index in [-0.39, 0.29) is 16.7 Å². The van der Waals surface area contributed by atoms with Crippen molar-refractivity contribution < 1.29 is 13.2 Å². The molecule has 0 aliphatic carbocycles. The number of nitrogens with zero attached hydrogens (tertiary/aromatic N) is 2. The van der Waals surface area contributed by atoms with Crippen LogP contribution in [-0.2, 0) is 35.0 Å². The van der Waals surface area contributed by atoms with E-state index in [0.29, 0.717) is 12.4 Å². The van der Waals surface area contributed by atoms with Gasteiger partial charge in [-0.05, 0) is 24.3 Å². The van der Waals surface area contributed by atoms with E-state index in [1.54, 1.807) is 12.1 Å². The second-order valence-corrected chi connectivity index (χ2v) is 8.69. The molecule has 2 aromatic heterocycles. The predicted octanol–water partition coefficient (Wildman–Crippen LogP) is 1.75. The molecule has 1 amide bonds. The second-order valence-electron chi connectivity index (χ2n) is 5.53. The van der Waals surface area contributed by atoms with Gasteiger partial charge in [-0.2, -0.15) is 0 Å². The Hall–Kier alpha value is -2.23. The van der Waals surface area contributed by atoms with Gasteiger partial charge in [0, 0.05) is 18.8 Å². The molecule has 7 nitrogen and oxygen atoms in total. The number of carbonyl (C=O) groups excluding carboxylic acids is 1. The molecule has 0 aliphatic heterocycles. The molecule has 1 aromatic carbocycles. The molecule has 25 heavy (non-hydrogen) atoms. The molecule has 2 N–H and O–H groups in total. The topological polar surface area (TPSA) is 93.1 Å². The Morgan fingerprint density at radius 2 is 1.96 bits per heavy atom. The zero-order chi connectivity index (χ0) is 18.0. The zero-order valence-electron chi connectivity index (χ0n) is 13.8. The Morgan fingerprint density at radius 1 is 1.20 bits per heavy atom. The van der Waals surface area contributed by atoms with Gasteiger partial charge in [-0.1, -0.05) is 12.1 Å². The number of rotatable bonds is 6. The number of nitrogens with one attached hydrogen (secondary N) is 2. The molecule has 0 saturated carbocycles. The Balaban J connectivity index is 1.73. The van der Waals surface area contributed by atoms with Gasteiger partial charge in [0.2, 0.25) is 15.9 Å². The van der Waals surface area contributed by atoms with Gasteiger partial charge in [-0.3, -0.25) is 4.79 Å². The van der Waals surface area contributed by atoms with E-state index >= 15 is 0 Å². The molecular formula is C16H18N4O3S2. The molecule has 0 radical (unpaired) electrons. The van der Waals surface area contributed by atoms with Crippen LogP contribution in [0, 0.1) is 0 Å². The molecule has 0 unspecified atom stereocenters. The Morgan fingerprint density at radius 3 is 2.68 bits per heavy atom. The van der Waals surface area contributed by atoms with Gasteiger partial charge < -0.3 is 9.88 Å². The number of aromatic nitrogens is 2. The van der Waals surface area contributed by atoms with Gasteiger partial charge in [0.1, 0.15) is 10.0 Å². The van der Waals surface area contributed by atoms with Gasteiger partial charge in [-0.15, -0.1) is 11.3 Å². The SMILES string of the molecule is CC(=O)NCc1ccc(S(=O)(=O)NCc2nc3ccccc3n2C)s1. The zero-order valence-corrected chi connectivity index (χ0v) is 15.4. The summed E-state index contributed by atoms with van der Waals surface area (Å²) >= 11 is 1.13. The van der Waals surface area contributed by atoms with Crippen molar-refractivity contribution in [1.82, 2.24) is 19.6 Å². The van der Waals surface area contributed by atoms with Crippen LogP contribution in [0.4, 0.5) is 0 Å². The van der Waals surface area contributed by atoms with Crippen LogP contribution in [0.25, 0.3) is 11.0 Å². The van der Waals surface area contributed by atoms with Crippen LogP contribution in [0.3, 0.4) is 0 Å². The van der Waals surface area contributed by atoms with E-state index in [4.69, 9.17) is 0 Å². The Labute approximate surface area is 149 Å². The van der Waals surface area contributed by atoms with Gasteiger partial charge in [-0.25, -0.2) is 18.1 Å². The summed E-state index contributed by atoms with van der Waals surface area (Å²) < 4.78 is 29.6. The Kier molecular flexibility index (Phi) is 4.89. The lowest BCUT2D eigenvalue weighted by molar-refractivity contribution is -0.119. The number of amides is 1. The van der Waals surface area contributed by atoms with E-state index < -0.39 is 10.0 Å². The molecule has 3 rings (SSSR count). The smallest absolute Gasteiger partial charge is 0.250 e. The van der Waals surface area contributed by atoms with E-state index in [1.807, 2.05) is 35.9 Å². The maximum Gasteiger partial charge on any atom is 0.250 e. The largest absolute Gasteiger partial charge is 0.351 e. The molecule has 0 atom stereocenters. The van der Waals surface area contributed by atoms with Gasteiger partial charge in [0.15, 0.2) is 0 Å². The third kappa shape index (κ3) is 3.89. The van der Waals surface area contributed by atoms with Crippen molar-refractivity contribution in [2.45, 2.75) is 24.2 Å². The Bertz CT molecular complexity index is 1020. The fourth-order valence-electron chi connectivity index (χ4n) is 2.39.